The summed E-state index contributed by atoms with van der Waals surface area (Å²) in [7, 11) is 0. The third-order valence-corrected chi connectivity index (χ3v) is 9.95. The number of rotatable bonds is 4. The summed E-state index contributed by atoms with van der Waals surface area (Å²) in [5.74, 6) is 4.27. The van der Waals surface area contributed by atoms with E-state index in [4.69, 9.17) is 37.5 Å². The van der Waals surface area contributed by atoms with Crippen molar-refractivity contribution in [2.45, 2.75) is 37.3 Å². The zero-order chi connectivity index (χ0) is 28.4. The number of phenols is 1. The third kappa shape index (κ3) is 3.98. The molecule has 0 spiro atoms. The van der Waals surface area contributed by atoms with E-state index in [0.29, 0.717) is 41.1 Å². The molecule has 4 aliphatic heterocycles. The number of ether oxygens (including phenoxy) is 2. The Morgan fingerprint density at radius 3 is 2.81 bits per heavy atom. The average molecular weight is 582 g/mol. The largest absolute Gasteiger partial charge is 0.508 e. The molecule has 214 valence electrons. The van der Waals surface area contributed by atoms with Crippen molar-refractivity contribution >= 4 is 39.1 Å². The topological polar surface area (TPSA) is 83.0 Å². The van der Waals surface area contributed by atoms with Crippen LogP contribution in [-0.4, -0.2) is 77.5 Å². The molecule has 0 amide bonds. The van der Waals surface area contributed by atoms with E-state index in [1.54, 1.807) is 12.1 Å². The van der Waals surface area contributed by atoms with E-state index < -0.39 is 0 Å². The van der Waals surface area contributed by atoms with Gasteiger partial charge < -0.3 is 24.8 Å². The van der Waals surface area contributed by atoms with Gasteiger partial charge in [-0.3, -0.25) is 4.90 Å². The third-order valence-electron chi connectivity index (χ3n) is 9.57. The van der Waals surface area contributed by atoms with E-state index in [1.807, 2.05) is 24.3 Å². The zero-order valence-corrected chi connectivity index (χ0v) is 24.1. The Hall–Kier alpha value is -3.77. The fourth-order valence-corrected chi connectivity index (χ4v) is 7.88. The number of piperazine rings is 1. The Morgan fingerprint density at radius 1 is 1.12 bits per heavy atom. The van der Waals surface area contributed by atoms with Gasteiger partial charge in [0.1, 0.15) is 24.8 Å². The zero-order valence-electron chi connectivity index (χ0n) is 23.3. The van der Waals surface area contributed by atoms with Crippen molar-refractivity contribution in [2.24, 2.45) is 0 Å². The number of aromatic hydroxyl groups is 1. The lowest BCUT2D eigenvalue weighted by molar-refractivity contribution is 0.108. The summed E-state index contributed by atoms with van der Waals surface area (Å²) < 4.78 is 13.0. The Morgan fingerprint density at radius 2 is 1.98 bits per heavy atom. The van der Waals surface area contributed by atoms with Crippen molar-refractivity contribution in [1.29, 1.82) is 0 Å². The normalized spacial score (nSPS) is 21.0. The van der Waals surface area contributed by atoms with Gasteiger partial charge in [-0.2, -0.15) is 9.97 Å². The smallest absolute Gasteiger partial charge is 0.319 e. The number of nitrogens with one attached hydrogen (secondary N) is 1. The van der Waals surface area contributed by atoms with Crippen molar-refractivity contribution in [2.75, 3.05) is 50.8 Å². The van der Waals surface area contributed by atoms with Crippen molar-refractivity contribution < 1.29 is 14.6 Å². The quantitative estimate of drug-likeness (QED) is 0.327. The summed E-state index contributed by atoms with van der Waals surface area (Å²) >= 11 is 7.21. The van der Waals surface area contributed by atoms with Crippen LogP contribution in [0.5, 0.6) is 17.5 Å². The second-order valence-electron chi connectivity index (χ2n) is 11.9. The molecule has 1 unspecified atom stereocenters. The summed E-state index contributed by atoms with van der Waals surface area (Å²) in [5, 5.41) is 17.1. The van der Waals surface area contributed by atoms with Crippen molar-refractivity contribution in [3.05, 3.63) is 47.0 Å². The maximum atomic E-state index is 10.7. The van der Waals surface area contributed by atoms with Crippen LogP contribution in [0.3, 0.4) is 0 Å². The second-order valence-corrected chi connectivity index (χ2v) is 12.3. The van der Waals surface area contributed by atoms with Gasteiger partial charge in [0.15, 0.2) is 5.75 Å². The molecule has 2 N–H and O–H groups in total. The van der Waals surface area contributed by atoms with Gasteiger partial charge in [-0.15, -0.1) is 6.42 Å². The van der Waals surface area contributed by atoms with Gasteiger partial charge in [0.2, 0.25) is 0 Å². The molecule has 1 atom stereocenters. The molecule has 42 heavy (non-hydrogen) atoms. The average Bonchev–Trinajstić information content (AvgIpc) is 3.54. The van der Waals surface area contributed by atoms with Crippen molar-refractivity contribution in [3.8, 4) is 41.0 Å². The van der Waals surface area contributed by atoms with Gasteiger partial charge in [0.25, 0.3) is 0 Å². The summed E-state index contributed by atoms with van der Waals surface area (Å²) in [5.41, 5.74) is 2.90. The minimum atomic E-state index is 0.0789. The van der Waals surface area contributed by atoms with Crippen molar-refractivity contribution in [1.82, 2.24) is 20.2 Å². The van der Waals surface area contributed by atoms with E-state index in [0.717, 1.165) is 78.7 Å². The highest BCUT2D eigenvalue weighted by Gasteiger charge is 2.45. The minimum Gasteiger partial charge on any atom is -0.508 e. The maximum Gasteiger partial charge on any atom is 0.319 e. The number of terminal acetylenes is 1. The molecule has 8 nitrogen and oxygen atoms in total. The Kier molecular flexibility index (Phi) is 6.11. The van der Waals surface area contributed by atoms with Crippen LogP contribution in [-0.2, 0) is 0 Å². The molecule has 0 saturated carbocycles. The number of anilines is 1. The van der Waals surface area contributed by atoms with Gasteiger partial charge in [-0.25, -0.2) is 0 Å². The van der Waals surface area contributed by atoms with Gasteiger partial charge >= 0.3 is 6.01 Å². The molecule has 3 aromatic carbocycles. The first kappa shape index (κ1) is 25.9. The first-order chi connectivity index (χ1) is 20.5. The van der Waals surface area contributed by atoms with Crippen molar-refractivity contribution in [3.63, 3.8) is 0 Å². The van der Waals surface area contributed by atoms with Crippen LogP contribution in [0.1, 0.15) is 31.2 Å². The van der Waals surface area contributed by atoms with E-state index in [1.165, 1.54) is 12.8 Å². The molecule has 4 aliphatic rings. The molecular weight excluding hydrogens is 550 g/mol. The molecule has 0 radical (unpaired) electrons. The summed E-state index contributed by atoms with van der Waals surface area (Å²) in [6, 6.07) is 11.6. The van der Waals surface area contributed by atoms with Gasteiger partial charge in [-0.1, -0.05) is 29.7 Å². The van der Waals surface area contributed by atoms with Gasteiger partial charge in [-0.05, 0) is 74.0 Å². The lowest BCUT2D eigenvalue weighted by atomic mass is 9.93. The number of hydrogen-bond donors (Lipinski definition) is 2. The molecule has 8 rings (SSSR count). The second kappa shape index (κ2) is 9.91. The molecule has 9 heteroatoms. The summed E-state index contributed by atoms with van der Waals surface area (Å²) in [6.07, 6.45) is 10.6. The summed E-state index contributed by atoms with van der Waals surface area (Å²) in [6.45, 7) is 5.72. The predicted octanol–water partition coefficient (Wildman–Crippen LogP) is 4.97. The molecule has 5 heterocycles. The van der Waals surface area contributed by atoms with Crippen LogP contribution in [0.2, 0.25) is 5.02 Å². The lowest BCUT2D eigenvalue weighted by Crippen LogP contribution is -2.53. The van der Waals surface area contributed by atoms with E-state index in [-0.39, 0.29) is 17.3 Å². The highest BCUT2D eigenvalue weighted by atomic mass is 35.5. The fraction of sp³-hybridized carbons (Fsp3) is 0.394. The van der Waals surface area contributed by atoms with Crippen LogP contribution in [0.15, 0.2) is 36.4 Å². The number of nitrogens with zero attached hydrogens (tertiary/aromatic N) is 4. The molecule has 1 aromatic heterocycles. The highest BCUT2D eigenvalue weighted by Crippen LogP contribution is 2.48. The number of benzene rings is 3. The molecule has 0 aliphatic carbocycles. The highest BCUT2D eigenvalue weighted by molar-refractivity contribution is 6.37. The van der Waals surface area contributed by atoms with E-state index >= 15 is 0 Å². The van der Waals surface area contributed by atoms with E-state index in [9.17, 15) is 5.11 Å². The molecule has 3 saturated heterocycles. The van der Waals surface area contributed by atoms with Crippen LogP contribution in [0, 0.1) is 12.3 Å². The first-order valence-corrected chi connectivity index (χ1v) is 15.2. The number of aromatic nitrogens is 2. The van der Waals surface area contributed by atoms with Crippen LogP contribution in [0.25, 0.3) is 32.8 Å². The molecule has 0 bridgehead atoms. The SMILES string of the molecule is C#Cc1cccc2cc(O)cc(-c3cc4nc(OCC56CCCN5CCC6)nc5c4c(c3Cl)OCC3CNCCN53)c12. The monoisotopic (exact) mass is 581 g/mol. The Bertz CT molecular complexity index is 1780. The maximum absolute atomic E-state index is 10.7. The van der Waals surface area contributed by atoms with Crippen LogP contribution < -0.4 is 19.7 Å². The lowest BCUT2D eigenvalue weighted by Gasteiger charge is -2.35. The molecule has 3 fully saturated rings. The molecule has 4 aromatic rings. The van der Waals surface area contributed by atoms with Crippen LogP contribution in [0.4, 0.5) is 5.82 Å². The number of halogens is 1. The number of fused-ring (bicyclic) bond motifs is 4. The first-order valence-electron chi connectivity index (χ1n) is 14.8. The van der Waals surface area contributed by atoms with Gasteiger partial charge in [0.05, 0.1) is 27.5 Å². The Balaban J connectivity index is 1.33. The molecular formula is C33H32ClN5O3. The fourth-order valence-electron chi connectivity index (χ4n) is 7.58. The summed E-state index contributed by atoms with van der Waals surface area (Å²) in [4.78, 5) is 14.9. The van der Waals surface area contributed by atoms with Crippen LogP contribution >= 0.6 is 11.6 Å². The standard InChI is InChI=1S/C33H32ClN5O3/c1-2-20-6-3-7-21-14-23(40)15-24(27(20)21)25-16-26-28-30(29(25)34)41-18-22-17-35-10-13-39(22)31(28)37-32(36-26)42-19-33-8-4-11-38(33)12-5-9-33/h1,3,6-7,14-16,22,35,40H,4-5,8-13,17-19H2. The number of phenolic OH excluding ortho intramolecular Hbond substituents is 1. The van der Waals surface area contributed by atoms with Gasteiger partial charge in [0, 0.05) is 36.1 Å². The number of hydrogen-bond acceptors (Lipinski definition) is 8. The minimum absolute atomic E-state index is 0.0789. The van der Waals surface area contributed by atoms with E-state index in [2.05, 4.69) is 21.0 Å². The predicted molar refractivity (Wildman–Crippen MR) is 165 cm³/mol. The Labute approximate surface area is 249 Å².